The Balaban J connectivity index is 2.14. The molecule has 0 aromatic heterocycles. The number of ether oxygens (including phenoxy) is 1. The van der Waals surface area contributed by atoms with E-state index < -0.39 is 5.66 Å². The van der Waals surface area contributed by atoms with Gasteiger partial charge in [-0.15, -0.1) is 0 Å². The lowest BCUT2D eigenvalue weighted by molar-refractivity contribution is 0.305. The van der Waals surface area contributed by atoms with E-state index in [1.165, 1.54) is 6.42 Å². The first-order valence-corrected chi connectivity index (χ1v) is 8.67. The lowest BCUT2D eigenvalue weighted by Crippen LogP contribution is -2.58. The molecule has 1 aromatic carbocycles. The van der Waals surface area contributed by atoms with Crippen LogP contribution in [0.15, 0.2) is 26.6 Å². The number of aliphatic imine (C=N–C) groups is 2. The molecule has 0 radical (unpaired) electrons. The smallest absolute Gasteiger partial charge is 0.220 e. The summed E-state index contributed by atoms with van der Waals surface area (Å²) in [6.45, 7) is 0. The van der Waals surface area contributed by atoms with Crippen LogP contribution in [0.25, 0.3) is 0 Å². The Kier molecular flexibility index (Phi) is 4.42. The molecule has 1 spiro atoms. The van der Waals surface area contributed by atoms with Crippen molar-refractivity contribution in [3.05, 3.63) is 21.6 Å². The lowest BCUT2D eigenvalue weighted by atomic mass is 9.87. The Bertz CT molecular complexity index is 685. The van der Waals surface area contributed by atoms with Crippen LogP contribution in [0.1, 0.15) is 32.1 Å². The van der Waals surface area contributed by atoms with Crippen molar-refractivity contribution in [3.8, 4) is 5.75 Å². The second kappa shape index (κ2) is 6.20. The van der Waals surface area contributed by atoms with Gasteiger partial charge < -0.3 is 16.2 Å². The molecule has 4 N–H and O–H groups in total. The van der Waals surface area contributed by atoms with Crippen LogP contribution in [0.3, 0.4) is 0 Å². The van der Waals surface area contributed by atoms with Gasteiger partial charge in [-0.3, -0.25) is 4.90 Å². The first-order valence-electron chi connectivity index (χ1n) is 7.49. The maximum Gasteiger partial charge on any atom is 0.220 e. The van der Waals surface area contributed by atoms with Gasteiger partial charge in [-0.2, -0.15) is 4.99 Å². The van der Waals surface area contributed by atoms with E-state index in [4.69, 9.17) is 27.8 Å². The summed E-state index contributed by atoms with van der Waals surface area (Å²) in [6, 6.07) is 3.64. The van der Waals surface area contributed by atoms with Gasteiger partial charge in [0.05, 0.1) is 17.8 Å². The predicted molar refractivity (Wildman–Crippen MR) is 97.2 cm³/mol. The number of nitrogens with zero attached hydrogens (tertiary/aromatic N) is 3. The van der Waals surface area contributed by atoms with Crippen molar-refractivity contribution in [1.82, 2.24) is 0 Å². The van der Waals surface area contributed by atoms with Gasteiger partial charge >= 0.3 is 0 Å². The predicted octanol–water partition coefficient (Wildman–Crippen LogP) is 3.22. The van der Waals surface area contributed by atoms with Crippen LogP contribution in [-0.2, 0) is 0 Å². The van der Waals surface area contributed by atoms with Gasteiger partial charge in [0.25, 0.3) is 0 Å². The van der Waals surface area contributed by atoms with Gasteiger partial charge in [0.2, 0.25) is 11.9 Å². The highest BCUT2D eigenvalue weighted by molar-refractivity contribution is 9.10. The highest BCUT2D eigenvalue weighted by Crippen LogP contribution is 2.44. The summed E-state index contributed by atoms with van der Waals surface area (Å²) in [5.41, 5.74) is 12.4. The molecule has 1 fully saturated rings. The molecule has 6 nitrogen and oxygen atoms in total. The Morgan fingerprint density at radius 2 is 1.96 bits per heavy atom. The molecule has 1 aliphatic carbocycles. The minimum absolute atomic E-state index is 0.234. The molecule has 3 rings (SSSR count). The molecule has 1 heterocycles. The number of guanidine groups is 2. The van der Waals surface area contributed by atoms with Crippen LogP contribution < -0.4 is 21.1 Å². The summed E-state index contributed by atoms with van der Waals surface area (Å²) in [7, 11) is 1.58. The van der Waals surface area contributed by atoms with E-state index in [9.17, 15) is 0 Å². The van der Waals surface area contributed by atoms with E-state index in [-0.39, 0.29) is 5.96 Å². The number of hydrogen-bond acceptors (Lipinski definition) is 6. The zero-order valence-corrected chi connectivity index (χ0v) is 15.2. The molecule has 0 unspecified atom stereocenters. The molecule has 23 heavy (non-hydrogen) atoms. The SMILES string of the molecule is COc1cc(N2C(N)=NC(N)=NC23CCCCC3)c(Br)cc1Cl. The maximum absolute atomic E-state index is 6.23. The molecule has 1 saturated carbocycles. The lowest BCUT2D eigenvalue weighted by Gasteiger charge is -2.46. The first-order chi connectivity index (χ1) is 11.0. The van der Waals surface area contributed by atoms with E-state index in [1.54, 1.807) is 13.2 Å². The van der Waals surface area contributed by atoms with E-state index in [0.29, 0.717) is 16.7 Å². The number of rotatable bonds is 2. The van der Waals surface area contributed by atoms with Crippen LogP contribution in [0, 0.1) is 0 Å². The van der Waals surface area contributed by atoms with Gasteiger partial charge in [-0.25, -0.2) is 4.99 Å². The summed E-state index contributed by atoms with van der Waals surface area (Å²) in [5, 5.41) is 0.524. The summed E-state index contributed by atoms with van der Waals surface area (Å²) in [6.07, 6.45) is 5.08. The first kappa shape index (κ1) is 16.4. The van der Waals surface area contributed by atoms with Crippen molar-refractivity contribution in [2.24, 2.45) is 21.5 Å². The second-order valence-electron chi connectivity index (χ2n) is 5.76. The number of benzene rings is 1. The average Bonchev–Trinajstić information content (AvgIpc) is 2.49. The largest absolute Gasteiger partial charge is 0.495 e. The van der Waals surface area contributed by atoms with Gasteiger partial charge in [0.1, 0.15) is 11.4 Å². The van der Waals surface area contributed by atoms with Crippen molar-refractivity contribution in [1.29, 1.82) is 0 Å². The van der Waals surface area contributed by atoms with Gasteiger partial charge in [0, 0.05) is 10.5 Å². The van der Waals surface area contributed by atoms with Crippen LogP contribution in [0.5, 0.6) is 5.75 Å². The number of nitrogens with two attached hydrogens (primary N) is 2. The Labute approximate surface area is 148 Å². The molecule has 124 valence electrons. The normalized spacial score (nSPS) is 20.2. The zero-order valence-electron chi connectivity index (χ0n) is 12.9. The van der Waals surface area contributed by atoms with Crippen molar-refractivity contribution in [3.63, 3.8) is 0 Å². The van der Waals surface area contributed by atoms with Crippen LogP contribution in [0.4, 0.5) is 5.69 Å². The van der Waals surface area contributed by atoms with Gasteiger partial charge in [-0.05, 0) is 47.7 Å². The number of hydrogen-bond donors (Lipinski definition) is 2. The summed E-state index contributed by atoms with van der Waals surface area (Å²) in [5.74, 6) is 1.15. The Morgan fingerprint density at radius 3 is 2.61 bits per heavy atom. The van der Waals surface area contributed by atoms with Crippen LogP contribution >= 0.6 is 27.5 Å². The van der Waals surface area contributed by atoms with Crippen molar-refractivity contribution < 1.29 is 4.74 Å². The number of halogens is 2. The summed E-state index contributed by atoms with van der Waals surface area (Å²) >= 11 is 9.76. The molecule has 0 atom stereocenters. The average molecular weight is 401 g/mol. The zero-order chi connectivity index (χ0) is 16.6. The fraction of sp³-hybridized carbons (Fsp3) is 0.467. The van der Waals surface area contributed by atoms with E-state index in [1.807, 2.05) is 11.0 Å². The van der Waals surface area contributed by atoms with Crippen molar-refractivity contribution in [2.45, 2.75) is 37.8 Å². The highest BCUT2D eigenvalue weighted by Gasteiger charge is 2.43. The molecule has 0 saturated heterocycles. The highest BCUT2D eigenvalue weighted by atomic mass is 79.9. The topological polar surface area (TPSA) is 89.2 Å². The fourth-order valence-corrected chi connectivity index (χ4v) is 4.21. The third-order valence-corrected chi connectivity index (χ3v) is 5.24. The van der Waals surface area contributed by atoms with Crippen LogP contribution in [0.2, 0.25) is 5.02 Å². The molecule has 8 heteroatoms. The van der Waals surface area contributed by atoms with Gasteiger partial charge in [-0.1, -0.05) is 18.0 Å². The third kappa shape index (κ3) is 2.87. The van der Waals surface area contributed by atoms with Crippen molar-refractivity contribution >= 4 is 45.1 Å². The minimum Gasteiger partial charge on any atom is -0.495 e. The molecular formula is C15H19BrClN5O. The fourth-order valence-electron chi connectivity index (χ4n) is 3.32. The van der Waals surface area contributed by atoms with E-state index >= 15 is 0 Å². The molecule has 1 aliphatic heterocycles. The molecule has 0 bridgehead atoms. The van der Waals surface area contributed by atoms with E-state index in [2.05, 4.69) is 25.9 Å². The second-order valence-corrected chi connectivity index (χ2v) is 7.02. The maximum atomic E-state index is 6.23. The standard InChI is InChI=1S/C15H19BrClN5O/c1-23-12-8-11(9(16)7-10(12)17)22-14(19)20-13(18)21-15(22)5-3-2-4-6-15/h7-8H,2-6H2,1H3,(H4,18,19,20,21). The molecule has 1 aromatic rings. The molecular weight excluding hydrogens is 382 g/mol. The molecule has 0 amide bonds. The summed E-state index contributed by atoms with van der Waals surface area (Å²) in [4.78, 5) is 10.8. The quantitative estimate of drug-likeness (QED) is 0.797. The molecule has 2 aliphatic rings. The van der Waals surface area contributed by atoms with E-state index in [0.717, 1.165) is 35.8 Å². The third-order valence-electron chi connectivity index (χ3n) is 4.31. The van der Waals surface area contributed by atoms with Crippen molar-refractivity contribution in [2.75, 3.05) is 12.0 Å². The minimum atomic E-state index is -0.491. The monoisotopic (exact) mass is 399 g/mol. The Morgan fingerprint density at radius 1 is 1.26 bits per heavy atom. The number of anilines is 1. The Hall–Kier alpha value is -1.47. The van der Waals surface area contributed by atoms with Gasteiger partial charge in [0.15, 0.2) is 0 Å². The summed E-state index contributed by atoms with van der Waals surface area (Å²) < 4.78 is 6.15. The van der Waals surface area contributed by atoms with Crippen LogP contribution in [-0.4, -0.2) is 24.7 Å². The number of methoxy groups -OCH3 is 1.